The van der Waals surface area contributed by atoms with Crippen LogP contribution in [-0.4, -0.2) is 74.7 Å². The largest absolute Gasteiger partial charge is 0.443 e. The van der Waals surface area contributed by atoms with E-state index in [1.807, 2.05) is 4.72 Å². The quantitative estimate of drug-likeness (QED) is 0.620. The van der Waals surface area contributed by atoms with Crippen LogP contribution in [0.2, 0.25) is 0 Å². The molecule has 12 nitrogen and oxygen atoms in total. The highest BCUT2D eigenvalue weighted by Gasteiger charge is 2.31. The van der Waals surface area contributed by atoms with Crippen LogP contribution in [0.1, 0.15) is 45.6 Å². The zero-order chi connectivity index (χ0) is 24.4. The molecule has 0 unspecified atom stereocenters. The first-order valence-corrected chi connectivity index (χ1v) is 12.4. The Morgan fingerprint density at radius 2 is 1.82 bits per heavy atom. The van der Waals surface area contributed by atoms with Crippen molar-refractivity contribution in [3.63, 3.8) is 0 Å². The molecular formula is C20H33N7O5S. The van der Waals surface area contributed by atoms with Gasteiger partial charge in [0.15, 0.2) is 0 Å². The van der Waals surface area contributed by atoms with Crippen molar-refractivity contribution >= 4 is 34.0 Å². The van der Waals surface area contributed by atoms with Crippen molar-refractivity contribution in [1.82, 2.24) is 24.3 Å². The second-order valence-corrected chi connectivity index (χ2v) is 10.9. The summed E-state index contributed by atoms with van der Waals surface area (Å²) in [7, 11) is -0.511. The van der Waals surface area contributed by atoms with Crippen molar-refractivity contribution in [2.45, 2.75) is 52.2 Å². The van der Waals surface area contributed by atoms with Gasteiger partial charge in [0.05, 0.1) is 12.1 Å². The summed E-state index contributed by atoms with van der Waals surface area (Å²) >= 11 is 0. The molecule has 33 heavy (non-hydrogen) atoms. The van der Waals surface area contributed by atoms with Crippen molar-refractivity contribution < 1.29 is 22.7 Å². The summed E-state index contributed by atoms with van der Waals surface area (Å²) in [5.41, 5.74) is 0.151. The van der Waals surface area contributed by atoms with Crippen LogP contribution in [0.4, 0.5) is 21.2 Å². The van der Waals surface area contributed by atoms with Crippen LogP contribution < -0.4 is 19.2 Å². The van der Waals surface area contributed by atoms with Crippen molar-refractivity contribution in [3.8, 4) is 0 Å². The fraction of sp³-hybridized carbons (Fsp3) is 0.700. The average molecular weight is 484 g/mol. The average Bonchev–Trinajstić information content (AvgIpc) is 2.70. The zero-order valence-electron chi connectivity index (χ0n) is 19.8. The van der Waals surface area contributed by atoms with E-state index in [9.17, 15) is 18.0 Å². The van der Waals surface area contributed by atoms with Gasteiger partial charge in [0, 0.05) is 33.7 Å². The molecule has 0 aliphatic carbocycles. The number of amides is 3. The van der Waals surface area contributed by atoms with Crippen LogP contribution in [0, 0.1) is 5.92 Å². The first kappa shape index (κ1) is 25.0. The van der Waals surface area contributed by atoms with E-state index in [-0.39, 0.29) is 12.6 Å². The molecule has 1 aromatic rings. The molecule has 0 bridgehead atoms. The van der Waals surface area contributed by atoms with E-state index < -0.39 is 21.9 Å². The lowest BCUT2D eigenvalue weighted by Crippen LogP contribution is -2.45. The molecule has 3 rings (SSSR count). The number of nitrogens with one attached hydrogen (secondary N) is 2. The maximum absolute atomic E-state index is 12.2. The maximum atomic E-state index is 12.2. The number of anilines is 2. The number of fused-ring (bicyclic) bond motifs is 1. The predicted molar refractivity (Wildman–Crippen MR) is 123 cm³/mol. The van der Waals surface area contributed by atoms with E-state index in [1.165, 1.54) is 11.2 Å². The molecule has 0 atom stereocenters. The van der Waals surface area contributed by atoms with Crippen molar-refractivity contribution in [1.29, 1.82) is 0 Å². The third-order valence-corrected chi connectivity index (χ3v) is 6.62. The molecule has 1 aromatic heterocycles. The molecule has 0 radical (unpaired) electrons. The third-order valence-electron chi connectivity index (χ3n) is 5.60. The van der Waals surface area contributed by atoms with E-state index in [0.717, 1.165) is 37.3 Å². The van der Waals surface area contributed by atoms with Crippen molar-refractivity contribution in [2.24, 2.45) is 5.92 Å². The standard InChI is InChI=1S/C20H33N7O5S/c1-20(2,3)32-18(28)24-33(30,31)23-9-6-14-7-10-27(11-8-14)17-15-12-25(4)19(29)26(5)16(15)21-13-22-17/h13-14,23H,6-12H2,1-5H3,(H,24,28). The normalized spacial score (nSPS) is 17.7. The fourth-order valence-electron chi connectivity index (χ4n) is 4.02. The molecule has 0 saturated carbocycles. The molecule has 2 aliphatic rings. The minimum absolute atomic E-state index is 0.102. The Kier molecular flexibility index (Phi) is 7.32. The maximum Gasteiger partial charge on any atom is 0.422 e. The molecular weight excluding hydrogens is 450 g/mol. The van der Waals surface area contributed by atoms with Gasteiger partial charge in [-0.25, -0.2) is 24.3 Å². The number of rotatable bonds is 6. The molecule has 1 fully saturated rings. The molecule has 3 heterocycles. The van der Waals surface area contributed by atoms with Gasteiger partial charge < -0.3 is 14.5 Å². The molecule has 2 aliphatic heterocycles. The van der Waals surface area contributed by atoms with Crippen LogP contribution in [0.15, 0.2) is 6.33 Å². The summed E-state index contributed by atoms with van der Waals surface area (Å²) in [6, 6.07) is -0.102. The van der Waals surface area contributed by atoms with Gasteiger partial charge in [0.1, 0.15) is 23.6 Å². The number of aromatic nitrogens is 2. The minimum atomic E-state index is -3.97. The molecule has 13 heteroatoms. The van der Waals surface area contributed by atoms with Crippen LogP contribution in [0.3, 0.4) is 0 Å². The Hall–Kier alpha value is -2.67. The van der Waals surface area contributed by atoms with Crippen molar-refractivity contribution in [2.75, 3.05) is 43.5 Å². The van der Waals surface area contributed by atoms with Crippen molar-refractivity contribution in [3.05, 3.63) is 11.9 Å². The Morgan fingerprint density at radius 1 is 1.18 bits per heavy atom. The minimum Gasteiger partial charge on any atom is -0.443 e. The Labute approximate surface area is 194 Å². The highest BCUT2D eigenvalue weighted by molar-refractivity contribution is 7.88. The van der Waals surface area contributed by atoms with Gasteiger partial charge in [-0.3, -0.25) is 4.90 Å². The summed E-state index contributed by atoms with van der Waals surface area (Å²) in [5, 5.41) is 0. The van der Waals surface area contributed by atoms with Crippen LogP contribution in [0.5, 0.6) is 0 Å². The smallest absolute Gasteiger partial charge is 0.422 e. The topological polar surface area (TPSA) is 137 Å². The predicted octanol–water partition coefficient (Wildman–Crippen LogP) is 1.44. The Bertz CT molecular complexity index is 987. The fourth-order valence-corrected chi connectivity index (χ4v) is 4.74. The number of hydrogen-bond acceptors (Lipinski definition) is 8. The van der Waals surface area contributed by atoms with Crippen LogP contribution in [0.25, 0.3) is 0 Å². The molecule has 184 valence electrons. The van der Waals surface area contributed by atoms with E-state index in [4.69, 9.17) is 4.74 Å². The lowest BCUT2D eigenvalue weighted by molar-refractivity contribution is 0.0569. The highest BCUT2D eigenvalue weighted by atomic mass is 32.2. The summed E-state index contributed by atoms with van der Waals surface area (Å²) in [6.45, 7) is 7.21. The SMILES string of the molecule is CN1Cc2c(N3CCC(CCNS(=O)(=O)NC(=O)OC(C)(C)C)CC3)ncnc2N(C)C1=O. The number of hydrogen-bond donors (Lipinski definition) is 2. The van der Waals surface area contributed by atoms with E-state index in [2.05, 4.69) is 19.6 Å². The number of urea groups is 1. The Morgan fingerprint density at radius 3 is 2.45 bits per heavy atom. The van der Waals surface area contributed by atoms with Gasteiger partial charge in [-0.1, -0.05) is 0 Å². The van der Waals surface area contributed by atoms with Gasteiger partial charge in [0.2, 0.25) is 0 Å². The summed E-state index contributed by atoms with van der Waals surface area (Å²) in [4.78, 5) is 38.0. The second-order valence-electron chi connectivity index (χ2n) is 9.42. The lowest BCUT2D eigenvalue weighted by Gasteiger charge is -2.37. The number of nitrogens with zero attached hydrogens (tertiary/aromatic N) is 5. The number of carbonyl (C=O) groups is 2. The summed E-state index contributed by atoms with van der Waals surface area (Å²) < 4.78 is 33.3. The second kappa shape index (κ2) is 9.67. The number of piperidine rings is 1. The van der Waals surface area contributed by atoms with Crippen LogP contribution >= 0.6 is 0 Å². The summed E-state index contributed by atoms with van der Waals surface area (Å²) in [5.74, 6) is 1.82. The number of carbonyl (C=O) groups excluding carboxylic acids is 2. The molecule has 2 N–H and O–H groups in total. The molecule has 3 amide bonds. The van der Waals surface area contributed by atoms with Gasteiger partial charge in [-0.05, 0) is 46.0 Å². The molecule has 0 spiro atoms. The zero-order valence-corrected chi connectivity index (χ0v) is 20.6. The lowest BCUT2D eigenvalue weighted by atomic mass is 9.93. The first-order valence-electron chi connectivity index (χ1n) is 10.9. The highest BCUT2D eigenvalue weighted by Crippen LogP contribution is 2.33. The number of ether oxygens (including phenoxy) is 1. The monoisotopic (exact) mass is 483 g/mol. The van der Waals surface area contributed by atoms with E-state index in [0.29, 0.717) is 24.7 Å². The summed E-state index contributed by atoms with van der Waals surface area (Å²) in [6.07, 6.45) is 2.90. The molecule has 1 saturated heterocycles. The van der Waals surface area contributed by atoms with Gasteiger partial charge in [-0.15, -0.1) is 0 Å². The van der Waals surface area contributed by atoms with Gasteiger partial charge in [-0.2, -0.15) is 13.1 Å². The van der Waals surface area contributed by atoms with Crippen LogP contribution in [-0.2, 0) is 21.5 Å². The van der Waals surface area contributed by atoms with E-state index >= 15 is 0 Å². The van der Waals surface area contributed by atoms with Gasteiger partial charge >= 0.3 is 22.3 Å². The third kappa shape index (κ3) is 6.44. The Balaban J connectivity index is 1.50. The van der Waals surface area contributed by atoms with Gasteiger partial charge in [0.25, 0.3) is 0 Å². The first-order chi connectivity index (χ1) is 15.4. The van der Waals surface area contributed by atoms with E-state index in [1.54, 1.807) is 39.8 Å². The molecule has 0 aromatic carbocycles.